The summed E-state index contributed by atoms with van der Waals surface area (Å²) in [6.07, 6.45) is 9.34. The Balaban J connectivity index is 1.48. The number of fused-ring (bicyclic) bond motifs is 3. The number of hydrogen-bond donors (Lipinski definition) is 4. The number of carbonyl (C=O) groups is 5. The summed E-state index contributed by atoms with van der Waals surface area (Å²) < 4.78 is 63.1. The number of methoxy groups -OCH3 is 3. The lowest BCUT2D eigenvalue weighted by Gasteiger charge is -2.43. The van der Waals surface area contributed by atoms with Crippen LogP contribution < -0.4 is 5.32 Å². The zero-order valence-corrected chi connectivity index (χ0v) is 52.9. The third-order valence-electron chi connectivity index (χ3n) is 17.1. The number of piperidine rings is 1. The van der Waals surface area contributed by atoms with Gasteiger partial charge in [-0.25, -0.2) is 9.59 Å². The van der Waals surface area contributed by atoms with Crippen LogP contribution >= 0.6 is 0 Å². The SMILES string of the molecule is CCOCCOCCOCCOCCOCCNC(=O)O[C@@H]1CC[C@@H](C[C@@H](C)[C@@H]2C[C@@H](O)C(C)/C=C(\C)[C@@H](O)[C@@H](OC)C(=O)[C@H](C)C[C@H](C)/C=C/C=C/C=C(\C)[C@@H](OC)C[C@@H]3CC[C@@H](C)[C@@](O)(O3)C(=O)C(=O)N3CCCC[C@H]3C(=O)O2)C[C@H]1OC. The first-order valence-electron chi connectivity index (χ1n) is 31.2. The number of Topliss-reactive ketones (excluding diaryl/α,β-unsaturated/α-hetero) is 2. The smallest absolute Gasteiger partial charge is 0.407 e. The minimum atomic E-state index is -2.45. The number of hydrogen-bond acceptors (Lipinski definition) is 19. The highest BCUT2D eigenvalue weighted by Crippen LogP contribution is 2.38. The van der Waals surface area contributed by atoms with Crippen LogP contribution in [0.25, 0.3) is 0 Å². The van der Waals surface area contributed by atoms with E-state index in [1.165, 1.54) is 12.0 Å². The minimum absolute atomic E-state index is 0.00592. The molecule has 3 fully saturated rings. The molecule has 2 amide bonds. The number of allylic oxidation sites excluding steroid dienone is 5. The van der Waals surface area contributed by atoms with Crippen LogP contribution in [0.3, 0.4) is 0 Å². The van der Waals surface area contributed by atoms with Gasteiger partial charge in [-0.1, -0.05) is 71.1 Å². The lowest BCUT2D eigenvalue weighted by atomic mass is 9.78. The topological polar surface area (TPSA) is 263 Å². The number of ketones is 2. The molecule has 1 saturated carbocycles. The Labute approximate surface area is 506 Å². The molecule has 0 aromatic carbocycles. The molecule has 0 spiro atoms. The monoisotopic (exact) mass is 1210 g/mol. The summed E-state index contributed by atoms with van der Waals surface area (Å²) in [4.78, 5) is 71.5. The van der Waals surface area contributed by atoms with E-state index in [1.54, 1.807) is 41.1 Å². The highest BCUT2D eigenvalue weighted by molar-refractivity contribution is 6.39. The van der Waals surface area contributed by atoms with Crippen LogP contribution in [-0.2, 0) is 71.3 Å². The van der Waals surface area contributed by atoms with E-state index in [0.29, 0.717) is 129 Å². The fourth-order valence-electron chi connectivity index (χ4n) is 11.8. The van der Waals surface area contributed by atoms with E-state index in [1.807, 2.05) is 65.0 Å². The first kappa shape index (κ1) is 73.5. The molecule has 21 heteroatoms. The van der Waals surface area contributed by atoms with Gasteiger partial charge in [-0.3, -0.25) is 14.4 Å². The van der Waals surface area contributed by atoms with Gasteiger partial charge in [0.1, 0.15) is 30.5 Å². The van der Waals surface area contributed by atoms with Gasteiger partial charge in [0.05, 0.1) is 83.9 Å². The number of esters is 1. The van der Waals surface area contributed by atoms with Gasteiger partial charge in [-0.15, -0.1) is 0 Å². The molecule has 0 aromatic heterocycles. The van der Waals surface area contributed by atoms with Crippen LogP contribution in [0.15, 0.2) is 47.6 Å². The van der Waals surface area contributed by atoms with Gasteiger partial charge in [0, 0.05) is 71.6 Å². The van der Waals surface area contributed by atoms with Crippen molar-refractivity contribution in [3.8, 4) is 0 Å². The summed E-state index contributed by atoms with van der Waals surface area (Å²) in [6, 6.07) is -1.16. The maximum absolute atomic E-state index is 14.7. The van der Waals surface area contributed by atoms with E-state index >= 15 is 0 Å². The molecule has 2 saturated heterocycles. The Kier molecular flexibility index (Phi) is 33.8. The molecule has 21 nitrogen and oxygen atoms in total. The number of aliphatic hydroxyl groups excluding tert-OH is 2. The number of ether oxygens (including phenoxy) is 11. The quantitative estimate of drug-likeness (QED) is 0.0354. The highest BCUT2D eigenvalue weighted by Gasteiger charge is 2.53. The van der Waals surface area contributed by atoms with Gasteiger partial charge in [0.15, 0.2) is 5.78 Å². The molecule has 4 rings (SSSR count). The molecule has 4 N–H and O–H groups in total. The third kappa shape index (κ3) is 24.2. The molecule has 1 aliphatic carbocycles. The van der Waals surface area contributed by atoms with Crippen LogP contribution in [0, 0.1) is 35.5 Å². The highest BCUT2D eigenvalue weighted by atomic mass is 16.6. The van der Waals surface area contributed by atoms with E-state index in [2.05, 4.69) is 5.32 Å². The number of aliphatic hydroxyl groups is 3. The van der Waals surface area contributed by atoms with E-state index in [9.17, 15) is 39.3 Å². The van der Waals surface area contributed by atoms with Gasteiger partial charge in [0.25, 0.3) is 11.7 Å². The van der Waals surface area contributed by atoms with Crippen LogP contribution in [0.1, 0.15) is 132 Å². The van der Waals surface area contributed by atoms with Crippen molar-refractivity contribution in [3.63, 3.8) is 0 Å². The van der Waals surface area contributed by atoms with Crippen molar-refractivity contribution in [2.75, 3.05) is 100 Å². The number of rotatable bonds is 23. The summed E-state index contributed by atoms with van der Waals surface area (Å²) in [6.45, 7) is 19.6. The summed E-state index contributed by atoms with van der Waals surface area (Å²) in [5, 5.41) is 38.4. The third-order valence-corrected chi connectivity index (χ3v) is 17.1. The first-order chi connectivity index (χ1) is 40.7. The average molecular weight is 1210 g/mol. The molecule has 85 heavy (non-hydrogen) atoms. The molecule has 3 heterocycles. The fraction of sp³-hybridized carbons (Fsp3) is 0.797. The van der Waals surface area contributed by atoms with Gasteiger partial charge in [0.2, 0.25) is 5.79 Å². The molecular weight excluding hydrogens is 1100 g/mol. The first-order valence-corrected chi connectivity index (χ1v) is 31.2. The normalized spacial score (nSPS) is 34.4. The van der Waals surface area contributed by atoms with Crippen molar-refractivity contribution >= 4 is 29.5 Å². The number of alkyl carbamates (subject to hydrolysis) is 1. The van der Waals surface area contributed by atoms with E-state index < -0.39 is 102 Å². The number of amides is 2. The van der Waals surface area contributed by atoms with Crippen molar-refractivity contribution in [1.82, 2.24) is 10.2 Å². The molecule has 0 aromatic rings. The van der Waals surface area contributed by atoms with Crippen molar-refractivity contribution in [3.05, 3.63) is 47.6 Å². The number of cyclic esters (lactones) is 1. The van der Waals surface area contributed by atoms with Crippen LogP contribution in [0.4, 0.5) is 4.79 Å². The number of nitrogens with one attached hydrogen (secondary N) is 1. The Morgan fingerprint density at radius 3 is 2.05 bits per heavy atom. The molecular formula is C64H106N2O19. The molecule has 0 radical (unpaired) electrons. The second-order valence-electron chi connectivity index (χ2n) is 23.7. The molecule has 4 aliphatic rings. The van der Waals surface area contributed by atoms with Crippen LogP contribution in [-0.4, -0.2) is 211 Å². The van der Waals surface area contributed by atoms with Crippen molar-refractivity contribution in [2.45, 2.75) is 193 Å². The molecule has 2 bridgehead atoms. The van der Waals surface area contributed by atoms with Crippen LogP contribution in [0.2, 0.25) is 0 Å². The van der Waals surface area contributed by atoms with Crippen molar-refractivity contribution in [1.29, 1.82) is 0 Å². The molecule has 16 atom stereocenters. The van der Waals surface area contributed by atoms with Crippen molar-refractivity contribution < 1.29 is 91.4 Å². The summed E-state index contributed by atoms with van der Waals surface area (Å²) in [5.41, 5.74) is 1.29. The maximum Gasteiger partial charge on any atom is 0.407 e. The zero-order chi connectivity index (χ0) is 62.5. The van der Waals surface area contributed by atoms with Gasteiger partial charge in [-0.05, 0) is 114 Å². The lowest BCUT2D eigenvalue weighted by molar-refractivity contribution is -0.265. The maximum atomic E-state index is 14.7. The van der Waals surface area contributed by atoms with E-state index in [0.717, 1.165) is 5.57 Å². The van der Waals surface area contributed by atoms with E-state index in [-0.39, 0.29) is 56.1 Å². The summed E-state index contributed by atoms with van der Waals surface area (Å²) in [7, 11) is 4.53. The second kappa shape index (κ2) is 39.1. The fourth-order valence-corrected chi connectivity index (χ4v) is 11.8. The molecule has 1 unspecified atom stereocenters. The Hall–Kier alpha value is -3.97. The predicted molar refractivity (Wildman–Crippen MR) is 318 cm³/mol. The van der Waals surface area contributed by atoms with Gasteiger partial charge < -0.3 is 77.6 Å². The largest absolute Gasteiger partial charge is 0.460 e. The number of carbonyl (C=O) groups excluding carboxylic acids is 5. The standard InChI is InChI=1S/C64H106N2O19/c1-12-78-28-29-80-32-33-82-35-34-81-31-30-79-27-25-65-63(73)84-53-24-22-49(39-56(53)76-10)38-45(5)55-41-52(67)44(4)37-47(7)58(69)59(77-11)57(68)46(6)36-42(2)18-14-13-15-19-43(3)54(75-9)40-50-23-21-48(8)64(74,85-50)60(70)61(71)66-26-17-16-20-51(66)62(72)83-55/h13-15,18-19,37,42,44-46,48-56,58-59,67,69,74H,12,16-17,20-36,38-41H2,1-11H3,(H,65,73)/b15-13+,18-14+,43-19+,47-37+/t42-,44?,45-,46-,48-,49+,50+,51+,52-,53-,54+,55+,56-,58-,59+,64-/m1/s1. The Bertz CT molecular complexity index is 2140. The van der Waals surface area contributed by atoms with Gasteiger partial charge in [-0.2, -0.15) is 0 Å². The minimum Gasteiger partial charge on any atom is -0.460 e. The Morgan fingerprint density at radius 2 is 1.41 bits per heavy atom. The zero-order valence-electron chi connectivity index (χ0n) is 52.9. The Morgan fingerprint density at radius 1 is 0.753 bits per heavy atom. The lowest BCUT2D eigenvalue weighted by Crippen LogP contribution is -2.61. The van der Waals surface area contributed by atoms with Crippen molar-refractivity contribution in [2.24, 2.45) is 35.5 Å². The molecule has 486 valence electrons. The number of nitrogens with zero attached hydrogens (tertiary/aromatic N) is 1. The summed E-state index contributed by atoms with van der Waals surface area (Å²) in [5.74, 6) is -7.75. The van der Waals surface area contributed by atoms with Gasteiger partial charge >= 0.3 is 12.1 Å². The summed E-state index contributed by atoms with van der Waals surface area (Å²) >= 11 is 0. The van der Waals surface area contributed by atoms with E-state index in [4.69, 9.17) is 52.1 Å². The average Bonchev–Trinajstić information content (AvgIpc) is 2.10. The molecule has 3 aliphatic heterocycles. The second-order valence-corrected chi connectivity index (χ2v) is 23.7. The van der Waals surface area contributed by atoms with Crippen LogP contribution in [0.5, 0.6) is 0 Å². The predicted octanol–water partition coefficient (Wildman–Crippen LogP) is 6.81.